The molecule has 6 nitrogen and oxygen atoms in total. The molecule has 1 aromatic rings. The Kier molecular flexibility index (Phi) is 4.65. The molecule has 1 amide bonds. The number of rotatable bonds is 5. The minimum Gasteiger partial charge on any atom is -0.489 e. The Hall–Kier alpha value is -2.11. The van der Waals surface area contributed by atoms with E-state index in [2.05, 4.69) is 10.3 Å². The van der Waals surface area contributed by atoms with E-state index in [1.807, 2.05) is 13.8 Å². The molecular weight excluding hydrogens is 236 g/mol. The van der Waals surface area contributed by atoms with Crippen LogP contribution < -0.4 is 10.1 Å². The molecule has 1 aromatic heterocycles. The predicted molar refractivity (Wildman–Crippen MR) is 64.6 cm³/mol. The number of carboxylic acids is 1. The predicted octanol–water partition coefficient (Wildman–Crippen LogP) is 1.07. The molecule has 1 atom stereocenters. The van der Waals surface area contributed by atoms with Gasteiger partial charge in [0.25, 0.3) is 5.91 Å². The maximum Gasteiger partial charge on any atom is 0.325 e. The van der Waals surface area contributed by atoms with Crippen LogP contribution in [0.4, 0.5) is 0 Å². The Morgan fingerprint density at radius 1 is 1.39 bits per heavy atom. The molecule has 0 bridgehead atoms. The fraction of sp³-hybridized carbons (Fsp3) is 0.417. The van der Waals surface area contributed by atoms with Crippen LogP contribution in [0.15, 0.2) is 18.3 Å². The molecule has 18 heavy (non-hydrogen) atoms. The third-order valence-corrected chi connectivity index (χ3v) is 2.07. The standard InChI is InChI=1S/C12H16N2O4/c1-7(2)18-9-5-4-6-13-10(9)11(15)14-8(3)12(16)17/h4-8H,1-3H3,(H,14,15)(H,16,17). The van der Waals surface area contributed by atoms with Gasteiger partial charge in [0.15, 0.2) is 11.4 Å². The van der Waals surface area contributed by atoms with E-state index in [-0.39, 0.29) is 11.8 Å². The second kappa shape index (κ2) is 6.00. The summed E-state index contributed by atoms with van der Waals surface area (Å²) in [6.45, 7) is 5.04. The van der Waals surface area contributed by atoms with Crippen LogP contribution in [0.3, 0.4) is 0 Å². The summed E-state index contributed by atoms with van der Waals surface area (Å²) in [4.78, 5) is 26.4. The van der Waals surface area contributed by atoms with Crippen LogP contribution in [0.25, 0.3) is 0 Å². The number of aliphatic carboxylic acids is 1. The fourth-order valence-corrected chi connectivity index (χ4v) is 1.24. The highest BCUT2D eigenvalue weighted by Gasteiger charge is 2.19. The fourth-order valence-electron chi connectivity index (χ4n) is 1.24. The van der Waals surface area contributed by atoms with Gasteiger partial charge < -0.3 is 15.2 Å². The number of carboxylic acid groups (broad SMARTS) is 1. The van der Waals surface area contributed by atoms with Gasteiger partial charge in [-0.05, 0) is 32.9 Å². The first kappa shape index (κ1) is 14.0. The van der Waals surface area contributed by atoms with Gasteiger partial charge in [0, 0.05) is 6.20 Å². The van der Waals surface area contributed by atoms with Gasteiger partial charge in [0.2, 0.25) is 0 Å². The maximum absolute atomic E-state index is 11.8. The number of aromatic nitrogens is 1. The van der Waals surface area contributed by atoms with E-state index in [1.165, 1.54) is 13.1 Å². The van der Waals surface area contributed by atoms with Crippen molar-refractivity contribution in [3.63, 3.8) is 0 Å². The van der Waals surface area contributed by atoms with Gasteiger partial charge in [-0.15, -0.1) is 0 Å². The summed E-state index contributed by atoms with van der Waals surface area (Å²) < 4.78 is 5.44. The monoisotopic (exact) mass is 252 g/mol. The minimum absolute atomic E-state index is 0.0827. The van der Waals surface area contributed by atoms with E-state index < -0.39 is 17.9 Å². The van der Waals surface area contributed by atoms with Crippen molar-refractivity contribution in [1.29, 1.82) is 0 Å². The minimum atomic E-state index is -1.11. The molecule has 6 heteroatoms. The van der Waals surface area contributed by atoms with Gasteiger partial charge in [-0.3, -0.25) is 9.59 Å². The van der Waals surface area contributed by atoms with Crippen LogP contribution in [0.2, 0.25) is 0 Å². The van der Waals surface area contributed by atoms with Gasteiger partial charge in [0.05, 0.1) is 6.10 Å². The second-order valence-electron chi connectivity index (χ2n) is 4.05. The zero-order chi connectivity index (χ0) is 13.7. The summed E-state index contributed by atoms with van der Waals surface area (Å²) in [6, 6.07) is 2.29. The van der Waals surface area contributed by atoms with E-state index in [9.17, 15) is 9.59 Å². The molecule has 0 spiro atoms. The van der Waals surface area contributed by atoms with Crippen molar-refractivity contribution in [3.8, 4) is 5.75 Å². The Morgan fingerprint density at radius 3 is 2.61 bits per heavy atom. The van der Waals surface area contributed by atoms with E-state index in [1.54, 1.807) is 12.1 Å². The summed E-state index contributed by atoms with van der Waals surface area (Å²) in [6.07, 6.45) is 1.35. The van der Waals surface area contributed by atoms with Crippen molar-refractivity contribution >= 4 is 11.9 Å². The average molecular weight is 252 g/mol. The highest BCUT2D eigenvalue weighted by Crippen LogP contribution is 2.16. The third kappa shape index (κ3) is 3.73. The lowest BCUT2D eigenvalue weighted by atomic mass is 10.2. The van der Waals surface area contributed by atoms with Crippen LogP contribution in [0.5, 0.6) is 5.75 Å². The van der Waals surface area contributed by atoms with Crippen molar-refractivity contribution < 1.29 is 19.4 Å². The number of carbonyl (C=O) groups excluding carboxylic acids is 1. The van der Waals surface area contributed by atoms with Gasteiger partial charge in [-0.1, -0.05) is 0 Å². The van der Waals surface area contributed by atoms with Crippen molar-refractivity contribution in [2.45, 2.75) is 32.9 Å². The zero-order valence-corrected chi connectivity index (χ0v) is 10.5. The molecule has 98 valence electrons. The number of pyridine rings is 1. The molecular formula is C12H16N2O4. The molecule has 0 aliphatic heterocycles. The van der Waals surface area contributed by atoms with Crippen molar-refractivity contribution in [1.82, 2.24) is 10.3 Å². The van der Waals surface area contributed by atoms with Crippen LogP contribution in [-0.2, 0) is 4.79 Å². The first-order valence-corrected chi connectivity index (χ1v) is 5.57. The normalized spacial score (nSPS) is 12.0. The molecule has 0 aliphatic carbocycles. The summed E-state index contributed by atoms with van der Waals surface area (Å²) in [5, 5.41) is 11.1. The molecule has 2 N–H and O–H groups in total. The summed E-state index contributed by atoms with van der Waals surface area (Å²) in [5.41, 5.74) is 0.0827. The molecule has 0 fully saturated rings. The smallest absolute Gasteiger partial charge is 0.325 e. The molecule has 0 aromatic carbocycles. The largest absolute Gasteiger partial charge is 0.489 e. The number of nitrogens with zero attached hydrogens (tertiary/aromatic N) is 1. The first-order valence-electron chi connectivity index (χ1n) is 5.57. The average Bonchev–Trinajstić information content (AvgIpc) is 2.28. The molecule has 1 heterocycles. The Morgan fingerprint density at radius 2 is 2.06 bits per heavy atom. The second-order valence-corrected chi connectivity index (χ2v) is 4.05. The quantitative estimate of drug-likeness (QED) is 0.818. The van der Waals surface area contributed by atoms with Crippen molar-refractivity contribution in [3.05, 3.63) is 24.0 Å². The number of carbonyl (C=O) groups is 2. The number of amides is 1. The van der Waals surface area contributed by atoms with E-state index in [0.717, 1.165) is 0 Å². The Labute approximate surface area is 105 Å². The SMILES string of the molecule is CC(C)Oc1cccnc1C(=O)NC(C)C(=O)O. The summed E-state index contributed by atoms with van der Waals surface area (Å²) in [7, 11) is 0. The van der Waals surface area contributed by atoms with Crippen LogP contribution in [0.1, 0.15) is 31.3 Å². The van der Waals surface area contributed by atoms with Gasteiger partial charge in [0.1, 0.15) is 6.04 Å². The number of hydrogen-bond donors (Lipinski definition) is 2. The number of nitrogens with one attached hydrogen (secondary N) is 1. The summed E-state index contributed by atoms with van der Waals surface area (Å²) in [5.74, 6) is -1.34. The van der Waals surface area contributed by atoms with Crippen LogP contribution in [0, 0.1) is 0 Å². The maximum atomic E-state index is 11.8. The van der Waals surface area contributed by atoms with E-state index in [0.29, 0.717) is 5.75 Å². The first-order chi connectivity index (χ1) is 8.41. The van der Waals surface area contributed by atoms with Crippen molar-refractivity contribution in [2.75, 3.05) is 0 Å². The number of hydrogen-bond acceptors (Lipinski definition) is 4. The van der Waals surface area contributed by atoms with Gasteiger partial charge >= 0.3 is 5.97 Å². The number of ether oxygens (including phenoxy) is 1. The highest BCUT2D eigenvalue weighted by atomic mass is 16.5. The van der Waals surface area contributed by atoms with Crippen LogP contribution in [-0.4, -0.2) is 34.1 Å². The van der Waals surface area contributed by atoms with Gasteiger partial charge in [-0.25, -0.2) is 4.98 Å². The molecule has 0 radical (unpaired) electrons. The molecule has 0 saturated heterocycles. The van der Waals surface area contributed by atoms with E-state index in [4.69, 9.17) is 9.84 Å². The Balaban J connectivity index is 2.88. The highest BCUT2D eigenvalue weighted by molar-refractivity contribution is 5.97. The molecule has 0 aliphatic rings. The lowest BCUT2D eigenvalue weighted by Crippen LogP contribution is -2.38. The summed E-state index contributed by atoms with van der Waals surface area (Å²) >= 11 is 0. The lowest BCUT2D eigenvalue weighted by Gasteiger charge is -2.14. The van der Waals surface area contributed by atoms with Crippen molar-refractivity contribution in [2.24, 2.45) is 0 Å². The zero-order valence-electron chi connectivity index (χ0n) is 10.5. The third-order valence-electron chi connectivity index (χ3n) is 2.07. The molecule has 1 rings (SSSR count). The molecule has 1 unspecified atom stereocenters. The Bertz CT molecular complexity index is 445. The lowest BCUT2D eigenvalue weighted by molar-refractivity contribution is -0.138. The topological polar surface area (TPSA) is 88.5 Å². The van der Waals surface area contributed by atoms with Crippen LogP contribution >= 0.6 is 0 Å². The van der Waals surface area contributed by atoms with E-state index >= 15 is 0 Å². The van der Waals surface area contributed by atoms with Gasteiger partial charge in [-0.2, -0.15) is 0 Å². The molecule has 0 saturated carbocycles.